The number of nitrogens with one attached hydrogen (secondary N) is 1. The van der Waals surface area contributed by atoms with Gasteiger partial charge in [0.15, 0.2) is 0 Å². The molecule has 11 heteroatoms. The van der Waals surface area contributed by atoms with Crippen molar-refractivity contribution in [1.29, 1.82) is 0 Å². The predicted molar refractivity (Wildman–Crippen MR) is 144 cm³/mol. The van der Waals surface area contributed by atoms with Crippen molar-refractivity contribution >= 4 is 34.9 Å². The number of nitrogens with zero attached hydrogens (tertiary/aromatic N) is 2. The minimum atomic E-state index is -0.973. The summed E-state index contributed by atoms with van der Waals surface area (Å²) >= 11 is 0. The summed E-state index contributed by atoms with van der Waals surface area (Å²) in [6.45, 7) is 8.05. The molecule has 1 amide bonds. The van der Waals surface area contributed by atoms with E-state index in [0.717, 1.165) is 0 Å². The van der Waals surface area contributed by atoms with Crippen molar-refractivity contribution < 1.29 is 33.5 Å². The SMILES string of the molecule is CC(=O)Nc1ccc(OCCOC(=O)C2=C(C)N=C(C)C(C(=O)OC(C)C)C2c2cccc([N+](=O)[O-])c2)cc1. The number of hydrogen-bond donors (Lipinski definition) is 1. The highest BCUT2D eigenvalue weighted by atomic mass is 16.6. The fourth-order valence-corrected chi connectivity index (χ4v) is 4.31. The van der Waals surface area contributed by atoms with Crippen LogP contribution in [-0.4, -0.2) is 47.8 Å². The van der Waals surface area contributed by atoms with Crippen LogP contribution in [0.3, 0.4) is 0 Å². The van der Waals surface area contributed by atoms with Gasteiger partial charge in [-0.05, 0) is 57.5 Å². The molecule has 206 valence electrons. The van der Waals surface area contributed by atoms with Crippen molar-refractivity contribution in [2.45, 2.75) is 46.6 Å². The summed E-state index contributed by atoms with van der Waals surface area (Å²) in [5, 5.41) is 14.1. The van der Waals surface area contributed by atoms with Crippen LogP contribution in [0.15, 0.2) is 64.8 Å². The number of hydrogen-bond acceptors (Lipinski definition) is 9. The molecule has 0 radical (unpaired) electrons. The zero-order valence-electron chi connectivity index (χ0n) is 22.4. The molecular formula is C28H31N3O8. The number of anilines is 1. The summed E-state index contributed by atoms with van der Waals surface area (Å²) in [4.78, 5) is 53.0. The lowest BCUT2D eigenvalue weighted by Gasteiger charge is -2.32. The van der Waals surface area contributed by atoms with Crippen molar-refractivity contribution in [1.82, 2.24) is 0 Å². The Balaban J connectivity index is 1.81. The van der Waals surface area contributed by atoms with Crippen molar-refractivity contribution in [2.24, 2.45) is 10.9 Å². The summed E-state index contributed by atoms with van der Waals surface area (Å²) in [5.74, 6) is -2.86. The van der Waals surface area contributed by atoms with E-state index in [1.807, 2.05) is 0 Å². The van der Waals surface area contributed by atoms with Crippen molar-refractivity contribution in [2.75, 3.05) is 18.5 Å². The maximum atomic E-state index is 13.3. The number of aliphatic imine (C=N–C) groups is 1. The molecule has 2 aromatic rings. The minimum Gasteiger partial charge on any atom is -0.490 e. The first-order valence-electron chi connectivity index (χ1n) is 12.4. The number of rotatable bonds is 10. The molecule has 2 atom stereocenters. The number of carbonyl (C=O) groups excluding carboxylic acids is 3. The van der Waals surface area contributed by atoms with Gasteiger partial charge in [-0.25, -0.2) is 4.79 Å². The Hall–Kier alpha value is -4.54. The molecule has 0 saturated carbocycles. The first kappa shape index (κ1) is 29.0. The van der Waals surface area contributed by atoms with Gasteiger partial charge >= 0.3 is 11.9 Å². The van der Waals surface area contributed by atoms with Crippen molar-refractivity contribution in [3.8, 4) is 5.75 Å². The molecule has 1 aliphatic heterocycles. The van der Waals surface area contributed by atoms with Gasteiger partial charge in [-0.3, -0.25) is 24.7 Å². The van der Waals surface area contributed by atoms with Crippen LogP contribution in [0.1, 0.15) is 46.1 Å². The monoisotopic (exact) mass is 537 g/mol. The number of nitro groups is 1. The molecule has 0 spiro atoms. The van der Waals surface area contributed by atoms with E-state index < -0.39 is 34.8 Å². The average Bonchev–Trinajstić information content (AvgIpc) is 2.86. The van der Waals surface area contributed by atoms with Gasteiger partial charge in [-0.1, -0.05) is 12.1 Å². The largest absolute Gasteiger partial charge is 0.490 e. The molecule has 2 unspecified atom stereocenters. The Morgan fingerprint density at radius 3 is 2.38 bits per heavy atom. The van der Waals surface area contributed by atoms with E-state index in [0.29, 0.717) is 28.4 Å². The number of benzene rings is 2. The molecule has 1 heterocycles. The lowest BCUT2D eigenvalue weighted by atomic mass is 9.75. The first-order chi connectivity index (χ1) is 18.5. The number of allylic oxidation sites excluding steroid dienone is 1. The van der Waals surface area contributed by atoms with E-state index >= 15 is 0 Å². The van der Waals surface area contributed by atoms with Crippen LogP contribution < -0.4 is 10.1 Å². The van der Waals surface area contributed by atoms with E-state index in [4.69, 9.17) is 14.2 Å². The molecule has 0 saturated heterocycles. The van der Waals surface area contributed by atoms with Gasteiger partial charge in [0, 0.05) is 42.1 Å². The molecule has 2 aromatic carbocycles. The second-order valence-corrected chi connectivity index (χ2v) is 9.24. The fraction of sp³-hybridized carbons (Fsp3) is 0.357. The van der Waals surface area contributed by atoms with Crippen LogP contribution in [0.2, 0.25) is 0 Å². The Bertz CT molecular complexity index is 1310. The first-order valence-corrected chi connectivity index (χ1v) is 12.4. The summed E-state index contributed by atoms with van der Waals surface area (Å²) in [5.41, 5.74) is 1.73. The molecule has 0 fully saturated rings. The molecule has 0 aliphatic carbocycles. The van der Waals surface area contributed by atoms with Gasteiger partial charge in [0.25, 0.3) is 5.69 Å². The average molecular weight is 538 g/mol. The van der Waals surface area contributed by atoms with Gasteiger partial charge in [0.1, 0.15) is 24.9 Å². The Kier molecular flexibility index (Phi) is 9.53. The molecule has 1 aliphatic rings. The van der Waals surface area contributed by atoms with Crippen LogP contribution in [0.25, 0.3) is 0 Å². The van der Waals surface area contributed by atoms with Gasteiger partial charge in [0.05, 0.1) is 16.6 Å². The summed E-state index contributed by atoms with van der Waals surface area (Å²) < 4.78 is 16.6. The number of nitro benzene ring substituents is 1. The van der Waals surface area contributed by atoms with Crippen LogP contribution >= 0.6 is 0 Å². The maximum absolute atomic E-state index is 13.3. The number of amides is 1. The van der Waals surface area contributed by atoms with Crippen LogP contribution in [0.5, 0.6) is 5.75 Å². The third-order valence-electron chi connectivity index (χ3n) is 5.85. The fourth-order valence-electron chi connectivity index (χ4n) is 4.31. The molecular weight excluding hydrogens is 506 g/mol. The van der Waals surface area contributed by atoms with Gasteiger partial charge in [-0.15, -0.1) is 0 Å². The Morgan fingerprint density at radius 1 is 1.08 bits per heavy atom. The molecule has 39 heavy (non-hydrogen) atoms. The second-order valence-electron chi connectivity index (χ2n) is 9.24. The van der Waals surface area contributed by atoms with Gasteiger partial charge in [0.2, 0.25) is 5.91 Å². The smallest absolute Gasteiger partial charge is 0.336 e. The highest BCUT2D eigenvalue weighted by Crippen LogP contribution is 2.41. The highest BCUT2D eigenvalue weighted by molar-refractivity contribution is 6.07. The standard InChI is InChI=1S/C28H31N3O8/c1-16(2)39-28(34)25-18(4)29-17(3)24(26(25)20-7-6-8-22(15-20)31(35)36)27(33)38-14-13-37-23-11-9-21(10-12-23)30-19(5)32/h6-12,15-16,25-26H,13-14H2,1-5H3,(H,30,32). The van der Waals surface area contributed by atoms with E-state index in [9.17, 15) is 24.5 Å². The van der Waals surface area contributed by atoms with E-state index in [1.54, 1.807) is 58.0 Å². The summed E-state index contributed by atoms with van der Waals surface area (Å²) in [6, 6.07) is 12.5. The third-order valence-corrected chi connectivity index (χ3v) is 5.85. The quantitative estimate of drug-likeness (QED) is 0.201. The molecule has 1 N–H and O–H groups in total. The van der Waals surface area contributed by atoms with E-state index in [2.05, 4.69) is 10.3 Å². The zero-order valence-corrected chi connectivity index (χ0v) is 22.4. The summed E-state index contributed by atoms with van der Waals surface area (Å²) in [7, 11) is 0. The van der Waals surface area contributed by atoms with Crippen LogP contribution in [0.4, 0.5) is 11.4 Å². The summed E-state index contributed by atoms with van der Waals surface area (Å²) in [6.07, 6.45) is -0.414. The van der Waals surface area contributed by atoms with E-state index in [1.165, 1.54) is 25.1 Å². The van der Waals surface area contributed by atoms with Gasteiger partial charge in [-0.2, -0.15) is 0 Å². The lowest BCUT2D eigenvalue weighted by Crippen LogP contribution is -2.37. The third kappa shape index (κ3) is 7.50. The number of esters is 2. The molecule has 11 nitrogen and oxygen atoms in total. The van der Waals surface area contributed by atoms with Crippen LogP contribution in [0, 0.1) is 16.0 Å². The number of ether oxygens (including phenoxy) is 3. The minimum absolute atomic E-state index is 0.0418. The highest BCUT2D eigenvalue weighted by Gasteiger charge is 2.43. The zero-order chi connectivity index (χ0) is 28.7. The number of non-ortho nitro benzene ring substituents is 1. The Labute approximate surface area is 226 Å². The van der Waals surface area contributed by atoms with Crippen molar-refractivity contribution in [3.63, 3.8) is 0 Å². The van der Waals surface area contributed by atoms with Crippen molar-refractivity contribution in [3.05, 3.63) is 75.5 Å². The lowest BCUT2D eigenvalue weighted by molar-refractivity contribution is -0.384. The number of carbonyl (C=O) groups is 3. The van der Waals surface area contributed by atoms with E-state index in [-0.39, 0.29) is 30.4 Å². The maximum Gasteiger partial charge on any atom is 0.336 e. The molecule has 3 rings (SSSR count). The normalized spacial score (nSPS) is 16.8. The predicted octanol–water partition coefficient (Wildman–Crippen LogP) is 4.58. The Morgan fingerprint density at radius 2 is 1.77 bits per heavy atom. The molecule has 0 aromatic heterocycles. The van der Waals surface area contributed by atoms with Crippen LogP contribution in [-0.2, 0) is 23.9 Å². The van der Waals surface area contributed by atoms with Gasteiger partial charge < -0.3 is 19.5 Å². The second kappa shape index (κ2) is 12.8. The molecule has 0 bridgehead atoms. The topological polar surface area (TPSA) is 146 Å².